The highest BCUT2D eigenvalue weighted by atomic mass is 16.5. The minimum absolute atomic E-state index is 0.321. The number of fused-ring (bicyclic) bond motifs is 1. The van der Waals surface area contributed by atoms with Gasteiger partial charge in [-0.2, -0.15) is 0 Å². The van der Waals surface area contributed by atoms with E-state index in [1.165, 1.54) is 11.1 Å². The van der Waals surface area contributed by atoms with Crippen molar-refractivity contribution in [1.82, 2.24) is 0 Å². The second-order valence-electron chi connectivity index (χ2n) is 3.54. The smallest absolute Gasteiger partial charge is 0.0852 e. The fourth-order valence-corrected chi connectivity index (χ4v) is 2.12. The third-order valence-corrected chi connectivity index (χ3v) is 2.67. The van der Waals surface area contributed by atoms with E-state index in [-0.39, 0.29) is 0 Å². The molecule has 0 spiro atoms. The first-order valence-corrected chi connectivity index (χ1v) is 5.43. The highest BCUT2D eigenvalue weighted by molar-refractivity contribution is 5.34. The maximum absolute atomic E-state index is 5.45. The molecule has 1 aromatic carbocycles. The topological polar surface area (TPSA) is 9.23 Å². The van der Waals surface area contributed by atoms with Crippen molar-refractivity contribution in [3.05, 3.63) is 35.4 Å². The van der Waals surface area contributed by atoms with Gasteiger partial charge in [0.15, 0.2) is 0 Å². The van der Waals surface area contributed by atoms with E-state index in [1.807, 2.05) is 13.8 Å². The first kappa shape index (κ1) is 11.3. The van der Waals surface area contributed by atoms with Crippen molar-refractivity contribution in [3.63, 3.8) is 0 Å². The Morgan fingerprint density at radius 1 is 1.21 bits per heavy atom. The quantitative estimate of drug-likeness (QED) is 0.660. The summed E-state index contributed by atoms with van der Waals surface area (Å²) in [5.74, 6) is 0.632. The summed E-state index contributed by atoms with van der Waals surface area (Å²) < 4.78 is 5.45. The first-order chi connectivity index (χ1) is 6.83. The Kier molecular flexibility index (Phi) is 4.15. The summed E-state index contributed by atoms with van der Waals surface area (Å²) in [6, 6.07) is 8.56. The molecule has 1 aliphatic rings. The average molecular weight is 192 g/mol. The summed E-state index contributed by atoms with van der Waals surface area (Å²) in [6.07, 6.45) is 1.48. The normalized spacial score (nSPS) is 23.7. The first-order valence-electron chi connectivity index (χ1n) is 5.43. The molecule has 0 saturated carbocycles. The third kappa shape index (κ3) is 1.98. The highest BCUT2D eigenvalue weighted by Gasteiger charge is 2.28. The van der Waals surface area contributed by atoms with Gasteiger partial charge in [-0.15, -0.1) is 0 Å². The molecule has 1 aromatic rings. The molecule has 2 unspecified atom stereocenters. The monoisotopic (exact) mass is 192 g/mol. The van der Waals surface area contributed by atoms with Crippen LogP contribution in [0.5, 0.6) is 0 Å². The van der Waals surface area contributed by atoms with Crippen molar-refractivity contribution < 1.29 is 4.74 Å². The van der Waals surface area contributed by atoms with Crippen LogP contribution in [0.25, 0.3) is 0 Å². The Balaban J connectivity index is 0.000000461. The summed E-state index contributed by atoms with van der Waals surface area (Å²) >= 11 is 0. The molecule has 1 nitrogen and oxygen atoms in total. The lowest BCUT2D eigenvalue weighted by Gasteiger charge is -2.13. The van der Waals surface area contributed by atoms with Crippen LogP contribution in [0.15, 0.2) is 24.3 Å². The molecule has 2 rings (SSSR count). The zero-order valence-electron chi connectivity index (χ0n) is 9.58. The van der Waals surface area contributed by atoms with E-state index >= 15 is 0 Å². The van der Waals surface area contributed by atoms with Gasteiger partial charge in [0, 0.05) is 7.11 Å². The molecule has 0 amide bonds. The number of methoxy groups -OCH3 is 1. The van der Waals surface area contributed by atoms with Gasteiger partial charge in [0.05, 0.1) is 6.10 Å². The van der Waals surface area contributed by atoms with Crippen LogP contribution < -0.4 is 0 Å². The van der Waals surface area contributed by atoms with Crippen molar-refractivity contribution in [2.75, 3.05) is 7.11 Å². The molecule has 0 aliphatic heterocycles. The molecule has 14 heavy (non-hydrogen) atoms. The fourth-order valence-electron chi connectivity index (χ4n) is 2.12. The van der Waals surface area contributed by atoms with E-state index in [9.17, 15) is 0 Å². The zero-order valence-corrected chi connectivity index (χ0v) is 9.58. The van der Waals surface area contributed by atoms with Crippen LogP contribution in [0.2, 0.25) is 0 Å². The maximum Gasteiger partial charge on any atom is 0.0852 e. The molecule has 0 radical (unpaired) electrons. The van der Waals surface area contributed by atoms with Gasteiger partial charge in [-0.05, 0) is 23.5 Å². The van der Waals surface area contributed by atoms with Crippen LogP contribution in [0.4, 0.5) is 0 Å². The van der Waals surface area contributed by atoms with Gasteiger partial charge in [0.1, 0.15) is 0 Å². The van der Waals surface area contributed by atoms with Gasteiger partial charge >= 0.3 is 0 Å². The molecule has 1 heteroatoms. The molecule has 0 N–H and O–H groups in total. The lowest BCUT2D eigenvalue weighted by molar-refractivity contribution is 0.0695. The lowest BCUT2D eigenvalue weighted by Crippen LogP contribution is -2.04. The van der Waals surface area contributed by atoms with Crippen LogP contribution in [0.1, 0.15) is 38.0 Å². The van der Waals surface area contributed by atoms with E-state index in [1.54, 1.807) is 7.11 Å². The molecule has 0 saturated heterocycles. The second-order valence-corrected chi connectivity index (χ2v) is 3.54. The van der Waals surface area contributed by atoms with E-state index in [4.69, 9.17) is 4.74 Å². The molecule has 78 valence electrons. The number of rotatable bonds is 1. The zero-order chi connectivity index (χ0) is 10.6. The molecule has 0 fully saturated rings. The number of benzene rings is 1. The molecule has 2 atom stereocenters. The largest absolute Gasteiger partial charge is 0.376 e. The van der Waals surface area contributed by atoms with Crippen LogP contribution in [-0.4, -0.2) is 7.11 Å². The van der Waals surface area contributed by atoms with Crippen LogP contribution in [0, 0.1) is 5.92 Å². The predicted molar refractivity (Wildman–Crippen MR) is 60.4 cm³/mol. The number of ether oxygens (including phenoxy) is 1. The Labute approximate surface area is 87.1 Å². The van der Waals surface area contributed by atoms with Gasteiger partial charge in [0.25, 0.3) is 0 Å². The SMILES string of the molecule is CC.COC1c2ccccc2CC1C. The summed E-state index contributed by atoms with van der Waals surface area (Å²) in [5, 5.41) is 0. The molecule has 0 bridgehead atoms. The molecular weight excluding hydrogens is 172 g/mol. The van der Waals surface area contributed by atoms with Gasteiger partial charge in [-0.1, -0.05) is 45.0 Å². The number of hydrogen-bond acceptors (Lipinski definition) is 1. The molecule has 0 heterocycles. The van der Waals surface area contributed by atoms with E-state index in [0.717, 1.165) is 6.42 Å². The summed E-state index contributed by atoms with van der Waals surface area (Å²) in [6.45, 7) is 6.24. The maximum atomic E-state index is 5.45. The van der Waals surface area contributed by atoms with Crippen molar-refractivity contribution in [3.8, 4) is 0 Å². The predicted octanol–water partition coefficient (Wildman–Crippen LogP) is 3.59. The average Bonchev–Trinajstić information content (AvgIpc) is 2.56. The summed E-state index contributed by atoms with van der Waals surface area (Å²) in [7, 11) is 1.79. The van der Waals surface area contributed by atoms with Gasteiger partial charge in [-0.25, -0.2) is 0 Å². The highest BCUT2D eigenvalue weighted by Crippen LogP contribution is 2.37. The van der Waals surface area contributed by atoms with Gasteiger partial charge in [0.2, 0.25) is 0 Å². The van der Waals surface area contributed by atoms with Crippen LogP contribution in [0.3, 0.4) is 0 Å². The minimum atomic E-state index is 0.321. The van der Waals surface area contributed by atoms with Crippen LogP contribution in [-0.2, 0) is 11.2 Å². The second kappa shape index (κ2) is 5.16. The van der Waals surface area contributed by atoms with Crippen molar-refractivity contribution in [1.29, 1.82) is 0 Å². The fraction of sp³-hybridized carbons (Fsp3) is 0.538. The van der Waals surface area contributed by atoms with Crippen LogP contribution >= 0.6 is 0 Å². The third-order valence-electron chi connectivity index (χ3n) is 2.67. The Hall–Kier alpha value is -0.820. The van der Waals surface area contributed by atoms with Gasteiger partial charge < -0.3 is 4.74 Å². The standard InChI is InChI=1S/C11H14O.C2H6/c1-8-7-9-5-3-4-6-10(9)11(8)12-2;1-2/h3-6,8,11H,7H2,1-2H3;1-2H3. The molecule has 0 aromatic heterocycles. The van der Waals surface area contributed by atoms with E-state index < -0.39 is 0 Å². The Bertz CT molecular complexity index is 280. The minimum Gasteiger partial charge on any atom is -0.376 e. The van der Waals surface area contributed by atoms with Crippen molar-refractivity contribution >= 4 is 0 Å². The number of hydrogen-bond donors (Lipinski definition) is 0. The van der Waals surface area contributed by atoms with E-state index in [0.29, 0.717) is 12.0 Å². The van der Waals surface area contributed by atoms with E-state index in [2.05, 4.69) is 31.2 Å². The Morgan fingerprint density at radius 3 is 2.50 bits per heavy atom. The van der Waals surface area contributed by atoms with Crippen molar-refractivity contribution in [2.24, 2.45) is 5.92 Å². The van der Waals surface area contributed by atoms with Crippen molar-refractivity contribution in [2.45, 2.75) is 33.3 Å². The summed E-state index contributed by atoms with van der Waals surface area (Å²) in [4.78, 5) is 0. The lowest BCUT2D eigenvalue weighted by atomic mass is 10.1. The molecule has 1 aliphatic carbocycles. The molecular formula is C13H20O. The Morgan fingerprint density at radius 2 is 1.86 bits per heavy atom. The summed E-state index contributed by atoms with van der Waals surface area (Å²) in [5.41, 5.74) is 2.84. The van der Waals surface area contributed by atoms with Gasteiger partial charge in [-0.3, -0.25) is 0 Å².